The van der Waals surface area contributed by atoms with Gasteiger partial charge in [-0.2, -0.15) is 0 Å². The molecule has 0 heterocycles. The SMILES string of the molecule is CCCCCCC(C)(CCCCCC)CC(=O)O. The van der Waals surface area contributed by atoms with Gasteiger partial charge in [-0.1, -0.05) is 72.1 Å². The van der Waals surface area contributed by atoms with E-state index in [1.54, 1.807) is 0 Å². The van der Waals surface area contributed by atoms with Gasteiger partial charge in [0.05, 0.1) is 6.42 Å². The van der Waals surface area contributed by atoms with Gasteiger partial charge in [-0.05, 0) is 18.3 Å². The van der Waals surface area contributed by atoms with Crippen molar-refractivity contribution in [2.75, 3.05) is 0 Å². The molecule has 18 heavy (non-hydrogen) atoms. The highest BCUT2D eigenvalue weighted by Crippen LogP contribution is 2.34. The van der Waals surface area contributed by atoms with Gasteiger partial charge in [-0.3, -0.25) is 4.79 Å². The molecule has 0 aliphatic rings. The van der Waals surface area contributed by atoms with Gasteiger partial charge in [-0.25, -0.2) is 0 Å². The molecule has 0 unspecified atom stereocenters. The Kier molecular flexibility index (Phi) is 10.1. The zero-order valence-corrected chi connectivity index (χ0v) is 12.6. The van der Waals surface area contributed by atoms with Crippen molar-refractivity contribution < 1.29 is 9.90 Å². The molecular weight excluding hydrogens is 224 g/mol. The molecule has 0 aliphatic carbocycles. The Hall–Kier alpha value is -0.530. The summed E-state index contributed by atoms with van der Waals surface area (Å²) in [7, 11) is 0. The molecule has 0 aliphatic heterocycles. The van der Waals surface area contributed by atoms with Crippen molar-refractivity contribution >= 4 is 5.97 Å². The molecule has 0 fully saturated rings. The van der Waals surface area contributed by atoms with Crippen LogP contribution >= 0.6 is 0 Å². The number of carbonyl (C=O) groups is 1. The van der Waals surface area contributed by atoms with E-state index < -0.39 is 5.97 Å². The van der Waals surface area contributed by atoms with Gasteiger partial charge in [0, 0.05) is 0 Å². The molecule has 0 atom stereocenters. The first-order valence-corrected chi connectivity index (χ1v) is 7.76. The fourth-order valence-corrected chi connectivity index (χ4v) is 2.62. The Balaban J connectivity index is 4.03. The zero-order chi connectivity index (χ0) is 13.9. The van der Waals surface area contributed by atoms with Gasteiger partial charge < -0.3 is 5.11 Å². The molecule has 0 rings (SSSR count). The molecule has 0 spiro atoms. The van der Waals surface area contributed by atoms with E-state index in [4.69, 9.17) is 5.11 Å². The van der Waals surface area contributed by atoms with E-state index in [0.29, 0.717) is 6.42 Å². The average Bonchev–Trinajstić information content (AvgIpc) is 2.30. The number of carboxylic acid groups (broad SMARTS) is 1. The highest BCUT2D eigenvalue weighted by molar-refractivity contribution is 5.67. The maximum atomic E-state index is 11.0. The summed E-state index contributed by atoms with van der Waals surface area (Å²) in [4.78, 5) is 11.0. The summed E-state index contributed by atoms with van der Waals surface area (Å²) < 4.78 is 0. The quantitative estimate of drug-likeness (QED) is 0.474. The first-order valence-electron chi connectivity index (χ1n) is 7.76. The summed E-state index contributed by atoms with van der Waals surface area (Å²) >= 11 is 0. The minimum Gasteiger partial charge on any atom is -0.481 e. The van der Waals surface area contributed by atoms with Crippen LogP contribution < -0.4 is 0 Å². The summed E-state index contributed by atoms with van der Waals surface area (Å²) in [6.07, 6.45) is 12.4. The van der Waals surface area contributed by atoms with Crippen molar-refractivity contribution in [2.45, 2.75) is 91.4 Å². The Morgan fingerprint density at radius 3 is 1.67 bits per heavy atom. The number of unbranched alkanes of at least 4 members (excludes halogenated alkanes) is 6. The predicted octanol–water partition coefficient (Wildman–Crippen LogP) is 5.41. The second-order valence-corrected chi connectivity index (χ2v) is 6.00. The van der Waals surface area contributed by atoms with Gasteiger partial charge in [-0.15, -0.1) is 0 Å². The molecular formula is C16H32O2. The van der Waals surface area contributed by atoms with Crippen LogP contribution in [-0.2, 0) is 4.79 Å². The first kappa shape index (κ1) is 17.5. The van der Waals surface area contributed by atoms with Gasteiger partial charge in [0.25, 0.3) is 0 Å². The second kappa shape index (κ2) is 10.4. The van der Waals surface area contributed by atoms with Crippen molar-refractivity contribution in [3.8, 4) is 0 Å². The number of rotatable bonds is 12. The lowest BCUT2D eigenvalue weighted by molar-refractivity contribution is -0.139. The van der Waals surface area contributed by atoms with E-state index in [9.17, 15) is 4.79 Å². The molecule has 0 aromatic carbocycles. The molecule has 0 saturated heterocycles. The fraction of sp³-hybridized carbons (Fsp3) is 0.938. The second-order valence-electron chi connectivity index (χ2n) is 6.00. The molecule has 0 aromatic heterocycles. The van der Waals surface area contributed by atoms with E-state index in [-0.39, 0.29) is 5.41 Å². The van der Waals surface area contributed by atoms with Gasteiger partial charge in [0.15, 0.2) is 0 Å². The summed E-state index contributed by atoms with van der Waals surface area (Å²) in [6.45, 7) is 6.58. The number of aliphatic carboxylic acids is 1. The molecule has 0 saturated carbocycles. The van der Waals surface area contributed by atoms with Crippen LogP contribution in [0.2, 0.25) is 0 Å². The van der Waals surface area contributed by atoms with Gasteiger partial charge >= 0.3 is 5.97 Å². The van der Waals surface area contributed by atoms with Crippen LogP contribution in [0.1, 0.15) is 91.4 Å². The number of hydrogen-bond donors (Lipinski definition) is 1. The van der Waals surface area contributed by atoms with Crippen molar-refractivity contribution in [3.05, 3.63) is 0 Å². The van der Waals surface area contributed by atoms with Crippen LogP contribution in [0.15, 0.2) is 0 Å². The third kappa shape index (κ3) is 9.49. The Labute approximate surface area is 113 Å². The van der Waals surface area contributed by atoms with E-state index >= 15 is 0 Å². The molecule has 108 valence electrons. The monoisotopic (exact) mass is 256 g/mol. The molecule has 1 N–H and O–H groups in total. The summed E-state index contributed by atoms with van der Waals surface area (Å²) in [5, 5.41) is 9.05. The summed E-state index contributed by atoms with van der Waals surface area (Å²) in [6, 6.07) is 0. The van der Waals surface area contributed by atoms with Crippen molar-refractivity contribution in [1.29, 1.82) is 0 Å². The summed E-state index contributed by atoms with van der Waals surface area (Å²) in [5.74, 6) is -0.636. The zero-order valence-electron chi connectivity index (χ0n) is 12.6. The minimum absolute atomic E-state index is 0.0211. The highest BCUT2D eigenvalue weighted by Gasteiger charge is 2.26. The van der Waals surface area contributed by atoms with Crippen LogP contribution in [0.5, 0.6) is 0 Å². The predicted molar refractivity (Wildman–Crippen MR) is 77.9 cm³/mol. The fourth-order valence-electron chi connectivity index (χ4n) is 2.62. The van der Waals surface area contributed by atoms with E-state index in [2.05, 4.69) is 20.8 Å². The normalized spacial score (nSPS) is 11.7. The Morgan fingerprint density at radius 2 is 1.33 bits per heavy atom. The standard InChI is InChI=1S/C16H32O2/c1-4-6-8-10-12-16(3,14-15(17)18)13-11-9-7-5-2/h4-14H2,1-3H3,(H,17,18). The maximum Gasteiger partial charge on any atom is 0.303 e. The first-order chi connectivity index (χ1) is 8.54. The molecule has 0 aromatic rings. The molecule has 0 amide bonds. The van der Waals surface area contributed by atoms with Crippen molar-refractivity contribution in [3.63, 3.8) is 0 Å². The number of carboxylic acids is 1. The van der Waals surface area contributed by atoms with Crippen LogP contribution in [0.4, 0.5) is 0 Å². The molecule has 2 nitrogen and oxygen atoms in total. The van der Waals surface area contributed by atoms with E-state index in [1.165, 1.54) is 51.4 Å². The Bertz CT molecular complexity index is 199. The molecule has 0 radical (unpaired) electrons. The van der Waals surface area contributed by atoms with Crippen molar-refractivity contribution in [1.82, 2.24) is 0 Å². The maximum absolute atomic E-state index is 11.0. The lowest BCUT2D eigenvalue weighted by Crippen LogP contribution is -2.21. The van der Waals surface area contributed by atoms with Crippen LogP contribution in [0, 0.1) is 5.41 Å². The lowest BCUT2D eigenvalue weighted by Gasteiger charge is -2.28. The average molecular weight is 256 g/mol. The van der Waals surface area contributed by atoms with E-state index in [1.807, 2.05) is 0 Å². The topological polar surface area (TPSA) is 37.3 Å². The number of hydrogen-bond acceptors (Lipinski definition) is 1. The highest BCUT2D eigenvalue weighted by atomic mass is 16.4. The van der Waals surface area contributed by atoms with Crippen LogP contribution in [0.25, 0.3) is 0 Å². The molecule has 2 heteroatoms. The Morgan fingerprint density at radius 1 is 0.889 bits per heavy atom. The lowest BCUT2D eigenvalue weighted by atomic mass is 9.77. The van der Waals surface area contributed by atoms with Gasteiger partial charge in [0.2, 0.25) is 0 Å². The van der Waals surface area contributed by atoms with Crippen LogP contribution in [-0.4, -0.2) is 11.1 Å². The van der Waals surface area contributed by atoms with E-state index in [0.717, 1.165) is 12.8 Å². The van der Waals surface area contributed by atoms with Gasteiger partial charge in [0.1, 0.15) is 0 Å². The minimum atomic E-state index is -0.636. The largest absolute Gasteiger partial charge is 0.481 e. The smallest absolute Gasteiger partial charge is 0.303 e. The third-order valence-electron chi connectivity index (χ3n) is 3.85. The van der Waals surface area contributed by atoms with Crippen molar-refractivity contribution in [2.24, 2.45) is 5.41 Å². The molecule has 0 bridgehead atoms. The summed E-state index contributed by atoms with van der Waals surface area (Å²) in [5.41, 5.74) is 0.0211. The van der Waals surface area contributed by atoms with Crippen LogP contribution in [0.3, 0.4) is 0 Å². The third-order valence-corrected chi connectivity index (χ3v) is 3.85.